The largest absolute Gasteiger partial charge is 0.362 e. The topological polar surface area (TPSA) is 55.1 Å². The van der Waals surface area contributed by atoms with Crippen LogP contribution >= 0.6 is 34.5 Å². The molecule has 0 radical (unpaired) electrons. The number of fused-ring (bicyclic) bond motifs is 1. The lowest BCUT2D eigenvalue weighted by molar-refractivity contribution is 0.847. The van der Waals surface area contributed by atoms with Gasteiger partial charge in [-0.25, -0.2) is 0 Å². The SMILES string of the molecule is Cc1c(Cl)nc2ncnn2c1NC(C)c1ccc(Cl)s1. The summed E-state index contributed by atoms with van der Waals surface area (Å²) in [6.07, 6.45) is 1.45. The molecule has 3 aromatic heterocycles. The van der Waals surface area contributed by atoms with E-state index in [1.165, 1.54) is 6.33 Å². The van der Waals surface area contributed by atoms with E-state index in [4.69, 9.17) is 23.2 Å². The highest BCUT2D eigenvalue weighted by atomic mass is 35.5. The Morgan fingerprint density at radius 1 is 1.35 bits per heavy atom. The van der Waals surface area contributed by atoms with Crippen molar-refractivity contribution < 1.29 is 0 Å². The van der Waals surface area contributed by atoms with Gasteiger partial charge in [-0.2, -0.15) is 19.6 Å². The van der Waals surface area contributed by atoms with E-state index in [1.807, 2.05) is 19.1 Å². The normalized spacial score (nSPS) is 12.8. The molecule has 0 aliphatic carbocycles. The van der Waals surface area contributed by atoms with Crippen molar-refractivity contribution in [2.45, 2.75) is 19.9 Å². The number of aromatic nitrogens is 4. The molecule has 0 spiro atoms. The van der Waals surface area contributed by atoms with Crippen LogP contribution in [0.4, 0.5) is 5.82 Å². The summed E-state index contributed by atoms with van der Waals surface area (Å²) in [5, 5.41) is 7.99. The monoisotopic (exact) mass is 327 g/mol. The highest BCUT2D eigenvalue weighted by Crippen LogP contribution is 2.31. The van der Waals surface area contributed by atoms with Crippen molar-refractivity contribution in [2.75, 3.05) is 5.32 Å². The maximum Gasteiger partial charge on any atom is 0.255 e. The molecule has 0 bridgehead atoms. The summed E-state index contributed by atoms with van der Waals surface area (Å²) in [5.74, 6) is 1.26. The number of thiophene rings is 1. The molecule has 0 saturated heterocycles. The van der Waals surface area contributed by atoms with Gasteiger partial charge in [0.15, 0.2) is 0 Å². The van der Waals surface area contributed by atoms with Crippen LogP contribution in [-0.4, -0.2) is 19.6 Å². The summed E-state index contributed by atoms with van der Waals surface area (Å²) >= 11 is 13.6. The van der Waals surface area contributed by atoms with Gasteiger partial charge in [-0.05, 0) is 26.0 Å². The standard InChI is InChI=1S/C12H11Cl2N5S/c1-6-10(14)18-12-15-5-16-19(12)11(6)17-7(2)8-3-4-9(13)20-8/h3-5,7,17H,1-2H3. The van der Waals surface area contributed by atoms with Gasteiger partial charge in [0.05, 0.1) is 10.4 Å². The average Bonchev–Trinajstić information content (AvgIpc) is 3.03. The van der Waals surface area contributed by atoms with Crippen LogP contribution in [0, 0.1) is 6.92 Å². The number of hydrogen-bond donors (Lipinski definition) is 1. The highest BCUT2D eigenvalue weighted by molar-refractivity contribution is 7.16. The second kappa shape index (κ2) is 5.20. The molecule has 0 amide bonds. The molecule has 0 aliphatic rings. The van der Waals surface area contributed by atoms with Crippen molar-refractivity contribution in [1.29, 1.82) is 0 Å². The van der Waals surface area contributed by atoms with Crippen molar-refractivity contribution >= 4 is 46.1 Å². The maximum atomic E-state index is 6.13. The summed E-state index contributed by atoms with van der Waals surface area (Å²) in [4.78, 5) is 9.37. The van der Waals surface area contributed by atoms with Gasteiger partial charge in [0, 0.05) is 10.4 Å². The van der Waals surface area contributed by atoms with Gasteiger partial charge >= 0.3 is 0 Å². The molecular formula is C12H11Cl2N5S. The summed E-state index contributed by atoms with van der Waals surface area (Å²) in [5.41, 5.74) is 0.833. The van der Waals surface area contributed by atoms with Gasteiger partial charge in [-0.15, -0.1) is 11.3 Å². The van der Waals surface area contributed by atoms with Crippen LogP contribution in [0.25, 0.3) is 5.78 Å². The number of halogens is 2. The lowest BCUT2D eigenvalue weighted by Gasteiger charge is -2.16. The lowest BCUT2D eigenvalue weighted by Crippen LogP contribution is -2.12. The zero-order chi connectivity index (χ0) is 14.3. The smallest absolute Gasteiger partial charge is 0.255 e. The van der Waals surface area contributed by atoms with Crippen molar-refractivity contribution in [3.8, 4) is 0 Å². The fraction of sp³-hybridized carbons (Fsp3) is 0.250. The van der Waals surface area contributed by atoms with E-state index in [-0.39, 0.29) is 6.04 Å². The number of nitrogens with one attached hydrogen (secondary N) is 1. The Kier molecular flexibility index (Phi) is 3.54. The number of anilines is 1. The number of nitrogens with zero attached hydrogens (tertiary/aromatic N) is 4. The first-order valence-electron chi connectivity index (χ1n) is 5.94. The molecule has 20 heavy (non-hydrogen) atoms. The first-order chi connectivity index (χ1) is 9.56. The predicted octanol–water partition coefficient (Wildman–Crippen LogP) is 3.97. The van der Waals surface area contributed by atoms with Crippen LogP contribution in [0.2, 0.25) is 9.49 Å². The third-order valence-electron chi connectivity index (χ3n) is 2.98. The van der Waals surface area contributed by atoms with Gasteiger partial charge in [-0.1, -0.05) is 23.2 Å². The molecule has 1 N–H and O–H groups in total. The van der Waals surface area contributed by atoms with Crippen molar-refractivity contribution in [2.24, 2.45) is 0 Å². The van der Waals surface area contributed by atoms with Crippen LogP contribution in [0.5, 0.6) is 0 Å². The molecule has 1 atom stereocenters. The molecule has 104 valence electrons. The van der Waals surface area contributed by atoms with Crippen molar-refractivity contribution in [1.82, 2.24) is 19.6 Å². The van der Waals surface area contributed by atoms with E-state index in [9.17, 15) is 0 Å². The minimum absolute atomic E-state index is 0.0806. The molecule has 3 rings (SSSR count). The van der Waals surface area contributed by atoms with Gasteiger partial charge in [0.1, 0.15) is 17.3 Å². The molecule has 0 saturated carbocycles. The van der Waals surface area contributed by atoms with Crippen molar-refractivity contribution in [3.05, 3.63) is 38.4 Å². The summed E-state index contributed by atoms with van der Waals surface area (Å²) in [6.45, 7) is 3.95. The Hall–Kier alpha value is -1.37. The van der Waals surface area contributed by atoms with Crippen LogP contribution in [0.1, 0.15) is 23.4 Å². The van der Waals surface area contributed by atoms with E-state index in [0.29, 0.717) is 10.9 Å². The minimum atomic E-state index is 0.0806. The molecule has 0 aliphatic heterocycles. The Bertz CT molecular complexity index is 766. The van der Waals surface area contributed by atoms with Crippen LogP contribution in [0.3, 0.4) is 0 Å². The zero-order valence-electron chi connectivity index (χ0n) is 10.8. The molecule has 5 nitrogen and oxygen atoms in total. The average molecular weight is 328 g/mol. The minimum Gasteiger partial charge on any atom is -0.362 e. The van der Waals surface area contributed by atoms with Gasteiger partial charge in [0.2, 0.25) is 0 Å². The number of hydrogen-bond acceptors (Lipinski definition) is 5. The van der Waals surface area contributed by atoms with E-state index in [0.717, 1.165) is 20.6 Å². The summed E-state index contributed by atoms with van der Waals surface area (Å²) in [6, 6.07) is 3.97. The molecule has 3 heterocycles. The zero-order valence-corrected chi connectivity index (χ0v) is 13.1. The van der Waals surface area contributed by atoms with E-state index in [1.54, 1.807) is 15.9 Å². The first kappa shape index (κ1) is 13.6. The molecule has 0 fully saturated rings. The van der Waals surface area contributed by atoms with Crippen LogP contribution in [-0.2, 0) is 0 Å². The van der Waals surface area contributed by atoms with E-state index < -0.39 is 0 Å². The molecule has 1 unspecified atom stereocenters. The predicted molar refractivity (Wildman–Crippen MR) is 81.9 cm³/mol. The summed E-state index contributed by atoms with van der Waals surface area (Å²) < 4.78 is 2.41. The van der Waals surface area contributed by atoms with Gasteiger partial charge in [0.25, 0.3) is 5.78 Å². The Balaban J connectivity index is 2.01. The third kappa shape index (κ3) is 2.34. The quantitative estimate of drug-likeness (QED) is 0.739. The maximum absolute atomic E-state index is 6.13. The first-order valence-corrected chi connectivity index (χ1v) is 7.51. The van der Waals surface area contributed by atoms with Crippen LogP contribution in [0.15, 0.2) is 18.5 Å². The second-order valence-electron chi connectivity index (χ2n) is 4.36. The molecule has 3 aromatic rings. The highest BCUT2D eigenvalue weighted by Gasteiger charge is 2.16. The van der Waals surface area contributed by atoms with Crippen LogP contribution < -0.4 is 5.32 Å². The lowest BCUT2D eigenvalue weighted by atomic mass is 10.2. The van der Waals surface area contributed by atoms with E-state index >= 15 is 0 Å². The van der Waals surface area contributed by atoms with Crippen molar-refractivity contribution in [3.63, 3.8) is 0 Å². The Labute approximate surface area is 129 Å². The Morgan fingerprint density at radius 3 is 2.85 bits per heavy atom. The summed E-state index contributed by atoms with van der Waals surface area (Å²) in [7, 11) is 0. The van der Waals surface area contributed by atoms with Gasteiger partial charge in [-0.3, -0.25) is 0 Å². The molecular weight excluding hydrogens is 317 g/mol. The second-order valence-corrected chi connectivity index (χ2v) is 6.46. The fourth-order valence-electron chi connectivity index (χ4n) is 1.90. The molecule has 8 heteroatoms. The molecule has 0 aromatic carbocycles. The number of rotatable bonds is 3. The van der Waals surface area contributed by atoms with Gasteiger partial charge < -0.3 is 5.32 Å². The third-order valence-corrected chi connectivity index (χ3v) is 4.76. The Morgan fingerprint density at radius 2 is 2.15 bits per heavy atom. The van der Waals surface area contributed by atoms with E-state index in [2.05, 4.69) is 27.3 Å². The fourth-order valence-corrected chi connectivity index (χ4v) is 3.13.